The molecule has 0 aliphatic carbocycles. The molecule has 1 saturated heterocycles. The number of rotatable bonds is 13. The third-order valence-electron chi connectivity index (χ3n) is 11.5. The SMILES string of the molecule is Cc1c(-c2ncco2)sc2c1c(=O)n(C(C)(C)C(=O)CC(C)(C)[Si](O)(c1ccccc1)c1ccccc1)c(=O)n2CC(OC1CCOCC1)c1ccccc1C(F)(F)F. The first-order valence-corrected chi connectivity index (χ1v) is 22.2. The van der Waals surface area contributed by atoms with Crippen LogP contribution in [0.1, 0.15) is 69.8 Å². The summed E-state index contributed by atoms with van der Waals surface area (Å²) in [6, 6.07) is 23.5. The minimum Gasteiger partial charge on any atom is -0.444 e. The number of carbonyl (C=O) groups is 1. The van der Waals surface area contributed by atoms with Gasteiger partial charge in [-0.25, -0.2) is 14.3 Å². The quantitative estimate of drug-likeness (QED) is 0.120. The highest BCUT2D eigenvalue weighted by molar-refractivity contribution is 7.22. The van der Waals surface area contributed by atoms with Crippen LogP contribution in [0.25, 0.3) is 21.0 Å². The van der Waals surface area contributed by atoms with Crippen LogP contribution in [0.4, 0.5) is 13.2 Å². The van der Waals surface area contributed by atoms with Gasteiger partial charge in [0.1, 0.15) is 22.7 Å². The number of carbonyl (C=O) groups excluding carboxylic acids is 1. The summed E-state index contributed by atoms with van der Waals surface area (Å²) in [4.78, 5) is 62.6. The van der Waals surface area contributed by atoms with Gasteiger partial charge in [-0.05, 0) is 66.2 Å². The third-order valence-corrected chi connectivity index (χ3v) is 17.3. The second-order valence-electron chi connectivity index (χ2n) is 16.1. The number of halogens is 3. The smallest absolute Gasteiger partial charge is 0.416 e. The van der Waals surface area contributed by atoms with Gasteiger partial charge in [-0.1, -0.05) is 92.7 Å². The number of ketones is 1. The van der Waals surface area contributed by atoms with Gasteiger partial charge in [0, 0.05) is 19.6 Å². The van der Waals surface area contributed by atoms with E-state index in [0.29, 0.717) is 46.9 Å². The second kappa shape index (κ2) is 16.3. The van der Waals surface area contributed by atoms with Crippen molar-refractivity contribution in [2.75, 3.05) is 13.2 Å². The number of ether oxygens (including phenoxy) is 2. The molecule has 1 fully saturated rings. The van der Waals surface area contributed by atoms with Gasteiger partial charge in [0.05, 0.1) is 34.7 Å². The maximum Gasteiger partial charge on any atom is 0.416 e. The molecule has 1 aliphatic rings. The van der Waals surface area contributed by atoms with Crippen LogP contribution in [0.15, 0.2) is 111 Å². The van der Waals surface area contributed by atoms with Crippen molar-refractivity contribution in [2.45, 2.75) is 89.4 Å². The van der Waals surface area contributed by atoms with Gasteiger partial charge >= 0.3 is 11.9 Å². The van der Waals surface area contributed by atoms with Crippen molar-refractivity contribution in [3.8, 4) is 10.8 Å². The van der Waals surface area contributed by atoms with Crippen LogP contribution in [-0.2, 0) is 32.5 Å². The number of benzene rings is 3. The van der Waals surface area contributed by atoms with Gasteiger partial charge in [0.15, 0.2) is 5.78 Å². The Kier molecular flexibility index (Phi) is 11.6. The van der Waals surface area contributed by atoms with Gasteiger partial charge in [0.25, 0.3) is 13.9 Å². The minimum atomic E-state index is -4.74. The Morgan fingerprint density at radius 1 is 0.949 bits per heavy atom. The molecule has 15 heteroatoms. The maximum atomic E-state index is 15.1. The lowest BCUT2D eigenvalue weighted by atomic mass is 9.91. The van der Waals surface area contributed by atoms with Crippen LogP contribution in [0.5, 0.6) is 0 Å². The Labute approximate surface area is 344 Å². The monoisotopic (exact) mass is 845 g/mol. The van der Waals surface area contributed by atoms with E-state index in [0.717, 1.165) is 22.0 Å². The normalized spacial score (nSPS) is 15.1. The highest BCUT2D eigenvalue weighted by Crippen LogP contribution is 2.42. The lowest BCUT2D eigenvalue weighted by Gasteiger charge is -2.42. The van der Waals surface area contributed by atoms with Gasteiger partial charge in [0.2, 0.25) is 5.89 Å². The summed E-state index contributed by atoms with van der Waals surface area (Å²) in [7, 11) is -3.72. The summed E-state index contributed by atoms with van der Waals surface area (Å²) >= 11 is 1.05. The second-order valence-corrected chi connectivity index (χ2v) is 21.0. The minimum absolute atomic E-state index is 0.0938. The van der Waals surface area contributed by atoms with E-state index >= 15 is 4.79 Å². The molecule has 7 rings (SSSR count). The Hall–Kier alpha value is -4.93. The van der Waals surface area contributed by atoms with E-state index in [9.17, 15) is 27.6 Å². The molecule has 3 aromatic carbocycles. The molecule has 3 aromatic heterocycles. The molecule has 1 aliphatic heterocycles. The van der Waals surface area contributed by atoms with Crippen molar-refractivity contribution in [3.63, 3.8) is 0 Å². The molecule has 1 N–H and O–H groups in total. The zero-order valence-electron chi connectivity index (χ0n) is 33.4. The van der Waals surface area contributed by atoms with E-state index in [1.54, 1.807) is 6.92 Å². The fourth-order valence-electron chi connectivity index (χ4n) is 8.18. The van der Waals surface area contributed by atoms with E-state index in [2.05, 4.69) is 4.98 Å². The molecular weight excluding hydrogens is 800 g/mol. The Bertz CT molecular complexity index is 2520. The van der Waals surface area contributed by atoms with Crippen molar-refractivity contribution in [2.24, 2.45) is 0 Å². The number of Topliss-reactive ketones (excluding diaryl/α,β-unsaturated/α-hetero) is 1. The number of aromatic nitrogens is 3. The average molecular weight is 846 g/mol. The van der Waals surface area contributed by atoms with Crippen molar-refractivity contribution < 1.29 is 36.7 Å². The van der Waals surface area contributed by atoms with Gasteiger partial charge in [-0.3, -0.25) is 14.2 Å². The number of aryl methyl sites for hydroxylation is 1. The summed E-state index contributed by atoms with van der Waals surface area (Å²) in [5.41, 5.74) is -4.11. The van der Waals surface area contributed by atoms with Crippen LogP contribution in [0, 0.1) is 6.92 Å². The zero-order valence-corrected chi connectivity index (χ0v) is 35.2. The molecule has 310 valence electrons. The van der Waals surface area contributed by atoms with E-state index in [1.165, 1.54) is 49.1 Å². The topological polar surface area (TPSA) is 126 Å². The molecule has 0 bridgehead atoms. The fourth-order valence-corrected chi connectivity index (χ4v) is 13.1. The number of oxazole rings is 1. The Morgan fingerprint density at radius 3 is 2.12 bits per heavy atom. The van der Waals surface area contributed by atoms with Crippen molar-refractivity contribution in [3.05, 3.63) is 135 Å². The number of hydrogen-bond donors (Lipinski definition) is 1. The molecule has 10 nitrogen and oxygen atoms in total. The van der Waals surface area contributed by atoms with Crippen LogP contribution in [-0.4, -0.2) is 52.3 Å². The molecule has 4 heterocycles. The van der Waals surface area contributed by atoms with E-state index in [-0.39, 0.29) is 28.1 Å². The number of hydrogen-bond acceptors (Lipinski definition) is 9. The summed E-state index contributed by atoms with van der Waals surface area (Å²) in [6.07, 6.45) is -3.07. The summed E-state index contributed by atoms with van der Waals surface area (Å²) in [5, 5.41) is 0.393. The van der Waals surface area contributed by atoms with Crippen LogP contribution >= 0.6 is 11.3 Å². The highest BCUT2D eigenvalue weighted by Gasteiger charge is 2.52. The number of fused-ring (bicyclic) bond motifs is 1. The summed E-state index contributed by atoms with van der Waals surface area (Å²) in [5.74, 6) is -0.308. The average Bonchev–Trinajstić information content (AvgIpc) is 3.87. The van der Waals surface area contributed by atoms with Crippen LogP contribution in [0.3, 0.4) is 0 Å². The van der Waals surface area contributed by atoms with E-state index in [4.69, 9.17) is 13.9 Å². The first-order valence-electron chi connectivity index (χ1n) is 19.4. The highest BCUT2D eigenvalue weighted by atomic mass is 32.1. The molecule has 59 heavy (non-hydrogen) atoms. The van der Waals surface area contributed by atoms with Crippen molar-refractivity contribution in [1.29, 1.82) is 0 Å². The largest absolute Gasteiger partial charge is 0.444 e. The summed E-state index contributed by atoms with van der Waals surface area (Å²) < 4.78 is 63.6. The third kappa shape index (κ3) is 7.82. The van der Waals surface area contributed by atoms with Gasteiger partial charge < -0.3 is 18.7 Å². The van der Waals surface area contributed by atoms with E-state index < -0.39 is 66.4 Å². The lowest BCUT2D eigenvalue weighted by Crippen LogP contribution is -2.66. The molecular formula is C44H46F3N3O7SSi. The molecule has 0 amide bonds. The molecule has 1 unspecified atom stereocenters. The van der Waals surface area contributed by atoms with Crippen LogP contribution in [0.2, 0.25) is 5.04 Å². The molecule has 0 saturated carbocycles. The van der Waals surface area contributed by atoms with Crippen molar-refractivity contribution >= 4 is 46.0 Å². The number of nitrogens with zero attached hydrogens (tertiary/aromatic N) is 3. The predicted octanol–water partition coefficient (Wildman–Crippen LogP) is 7.37. The van der Waals surface area contributed by atoms with Gasteiger partial charge in [-0.15, -0.1) is 11.3 Å². The first-order chi connectivity index (χ1) is 28.0. The zero-order chi connectivity index (χ0) is 42.3. The standard InChI is InChI=1S/C44H46F3N3O7SSi/c1-28-36-39(52)50(43(4,5)35(51)26-42(2,3)59(54,30-14-8-6-9-15-30)31-16-10-7-11-17-31)41(53)49(40(36)58-37(28)38-48-22-25-56-38)27-34(57-29-20-23-55-24-21-29)32-18-12-13-19-33(32)44(45,46)47/h6-19,22,25,29,34,54H,20-21,23-24,26-27H2,1-5H3. The molecule has 1 atom stereocenters. The summed E-state index contributed by atoms with van der Waals surface area (Å²) in [6.45, 7) is 8.58. The Balaban J connectivity index is 1.40. The lowest BCUT2D eigenvalue weighted by molar-refractivity contribution is -0.141. The predicted molar refractivity (Wildman–Crippen MR) is 223 cm³/mol. The fraction of sp³-hybridized carbons (Fsp3) is 0.364. The van der Waals surface area contributed by atoms with Crippen LogP contribution < -0.4 is 21.6 Å². The first kappa shape index (κ1) is 42.2. The maximum absolute atomic E-state index is 15.1. The van der Waals surface area contributed by atoms with Crippen molar-refractivity contribution in [1.82, 2.24) is 14.1 Å². The van der Waals surface area contributed by atoms with E-state index in [1.807, 2.05) is 74.5 Å². The number of thiophene rings is 1. The van der Waals surface area contributed by atoms with Gasteiger partial charge in [-0.2, -0.15) is 13.2 Å². The molecule has 0 radical (unpaired) electrons. The molecule has 6 aromatic rings. The number of alkyl halides is 3. The Morgan fingerprint density at radius 2 is 1.54 bits per heavy atom. The molecule has 0 spiro atoms.